The normalized spacial score (nSPS) is 20.0. The second kappa shape index (κ2) is 8.62. The Hall–Kier alpha value is -1.64. The standard InChI is InChI=1S/C21H23N3O2S3/c25-18(13-29-21-23-22-20(26-21)14-5-2-1-3-6-14)24-10-8-16-15(9-12-28-16)19(24)17-7-4-11-27-17/h4,7,9,11-12,14,19H,1-3,5-6,8,10,13H2. The van der Waals surface area contributed by atoms with E-state index in [9.17, 15) is 4.79 Å². The number of hydrogen-bond acceptors (Lipinski definition) is 7. The van der Waals surface area contributed by atoms with Gasteiger partial charge in [-0.05, 0) is 47.7 Å². The Morgan fingerprint density at radius 1 is 1.17 bits per heavy atom. The van der Waals surface area contributed by atoms with Crippen molar-refractivity contribution in [2.75, 3.05) is 12.3 Å². The highest BCUT2D eigenvalue weighted by Gasteiger charge is 2.33. The maximum atomic E-state index is 13.1. The third kappa shape index (κ3) is 4.02. The van der Waals surface area contributed by atoms with Crippen molar-refractivity contribution in [3.05, 3.63) is 50.2 Å². The third-order valence-corrected chi connectivity index (χ3v) is 8.52. The maximum Gasteiger partial charge on any atom is 0.277 e. The molecule has 0 N–H and O–H groups in total. The van der Waals surface area contributed by atoms with Crippen LogP contribution in [-0.4, -0.2) is 33.3 Å². The van der Waals surface area contributed by atoms with Gasteiger partial charge in [0.1, 0.15) is 0 Å². The molecule has 3 aromatic rings. The van der Waals surface area contributed by atoms with Gasteiger partial charge in [-0.15, -0.1) is 32.9 Å². The van der Waals surface area contributed by atoms with Crippen LogP contribution in [0.2, 0.25) is 0 Å². The Morgan fingerprint density at radius 3 is 2.90 bits per heavy atom. The predicted octanol–water partition coefficient (Wildman–Crippen LogP) is 5.51. The Balaban J connectivity index is 1.27. The molecule has 29 heavy (non-hydrogen) atoms. The van der Waals surface area contributed by atoms with Crippen LogP contribution in [0.25, 0.3) is 0 Å². The molecule has 1 atom stereocenters. The molecule has 0 bridgehead atoms. The van der Waals surface area contributed by atoms with Crippen LogP contribution < -0.4 is 0 Å². The van der Waals surface area contributed by atoms with Gasteiger partial charge in [0, 0.05) is 22.2 Å². The molecule has 1 saturated carbocycles. The SMILES string of the molecule is O=C(CSc1nnc(C2CCCCC2)o1)N1CCc2sccc2C1c1cccs1. The largest absolute Gasteiger partial charge is 0.416 e. The van der Waals surface area contributed by atoms with Crippen molar-refractivity contribution in [2.24, 2.45) is 0 Å². The molecule has 0 spiro atoms. The molecule has 2 aliphatic rings. The summed E-state index contributed by atoms with van der Waals surface area (Å²) in [6, 6.07) is 6.39. The third-order valence-electron chi connectivity index (χ3n) is 5.79. The van der Waals surface area contributed by atoms with Crippen LogP contribution >= 0.6 is 34.4 Å². The summed E-state index contributed by atoms with van der Waals surface area (Å²) in [4.78, 5) is 17.8. The highest BCUT2D eigenvalue weighted by atomic mass is 32.2. The number of fused-ring (bicyclic) bond motifs is 1. The minimum atomic E-state index is 0.0265. The predicted molar refractivity (Wildman–Crippen MR) is 117 cm³/mol. The highest BCUT2D eigenvalue weighted by molar-refractivity contribution is 7.99. The molecule has 1 amide bonds. The summed E-state index contributed by atoms with van der Waals surface area (Å²) >= 11 is 4.87. The first-order chi connectivity index (χ1) is 14.3. The number of aromatic nitrogens is 2. The molecule has 0 radical (unpaired) electrons. The van der Waals surface area contributed by atoms with E-state index in [-0.39, 0.29) is 11.9 Å². The van der Waals surface area contributed by atoms with Crippen LogP contribution in [0, 0.1) is 0 Å². The molecule has 5 nitrogen and oxygen atoms in total. The topological polar surface area (TPSA) is 59.2 Å². The van der Waals surface area contributed by atoms with Gasteiger partial charge in [-0.25, -0.2) is 0 Å². The first-order valence-corrected chi connectivity index (χ1v) is 12.9. The van der Waals surface area contributed by atoms with Gasteiger partial charge in [-0.3, -0.25) is 4.79 Å². The van der Waals surface area contributed by atoms with Crippen molar-refractivity contribution >= 4 is 40.3 Å². The number of nitrogens with zero attached hydrogens (tertiary/aromatic N) is 3. The molecule has 1 fully saturated rings. The zero-order valence-electron chi connectivity index (χ0n) is 16.1. The van der Waals surface area contributed by atoms with E-state index >= 15 is 0 Å². The minimum Gasteiger partial charge on any atom is -0.416 e. The van der Waals surface area contributed by atoms with Gasteiger partial charge in [0.2, 0.25) is 11.8 Å². The number of thioether (sulfide) groups is 1. The van der Waals surface area contributed by atoms with E-state index in [1.165, 1.54) is 46.3 Å². The molecule has 4 heterocycles. The maximum absolute atomic E-state index is 13.1. The summed E-state index contributed by atoms with van der Waals surface area (Å²) in [5.74, 6) is 1.59. The average molecular weight is 446 g/mol. The van der Waals surface area contributed by atoms with Crippen molar-refractivity contribution < 1.29 is 9.21 Å². The van der Waals surface area contributed by atoms with E-state index in [4.69, 9.17) is 4.42 Å². The zero-order valence-corrected chi connectivity index (χ0v) is 18.5. The monoisotopic (exact) mass is 445 g/mol. The molecular formula is C21H23N3O2S3. The van der Waals surface area contributed by atoms with Crippen molar-refractivity contribution in [2.45, 2.75) is 55.7 Å². The van der Waals surface area contributed by atoms with Gasteiger partial charge in [-0.1, -0.05) is 37.1 Å². The molecule has 0 saturated heterocycles. The van der Waals surface area contributed by atoms with E-state index in [0.717, 1.165) is 31.7 Å². The molecule has 1 aliphatic heterocycles. The summed E-state index contributed by atoms with van der Waals surface area (Å²) in [7, 11) is 0. The number of rotatable bonds is 5. The molecule has 1 aliphatic carbocycles. The molecule has 152 valence electrons. The van der Waals surface area contributed by atoms with Crippen LogP contribution in [0.1, 0.15) is 65.3 Å². The molecule has 1 unspecified atom stereocenters. The minimum absolute atomic E-state index is 0.0265. The van der Waals surface area contributed by atoms with Crippen molar-refractivity contribution in [1.82, 2.24) is 15.1 Å². The number of carbonyl (C=O) groups excluding carboxylic acids is 1. The quantitative estimate of drug-likeness (QED) is 0.485. The Kier molecular flexibility index (Phi) is 5.74. The van der Waals surface area contributed by atoms with Crippen molar-refractivity contribution in [3.63, 3.8) is 0 Å². The Morgan fingerprint density at radius 2 is 2.07 bits per heavy atom. The van der Waals surface area contributed by atoms with E-state index in [1.807, 2.05) is 4.90 Å². The Bertz CT molecular complexity index is 960. The summed E-state index contributed by atoms with van der Waals surface area (Å²) in [5, 5.41) is 13.2. The van der Waals surface area contributed by atoms with Crippen LogP contribution in [0.5, 0.6) is 0 Å². The van der Waals surface area contributed by atoms with Gasteiger partial charge in [0.25, 0.3) is 5.22 Å². The summed E-state index contributed by atoms with van der Waals surface area (Å²) in [6.45, 7) is 0.757. The average Bonchev–Trinajstić information content (AvgIpc) is 3.53. The lowest BCUT2D eigenvalue weighted by molar-refractivity contribution is -0.130. The number of hydrogen-bond donors (Lipinski definition) is 0. The lowest BCUT2D eigenvalue weighted by Gasteiger charge is -2.35. The van der Waals surface area contributed by atoms with E-state index < -0.39 is 0 Å². The van der Waals surface area contributed by atoms with Crippen molar-refractivity contribution in [1.29, 1.82) is 0 Å². The fourth-order valence-corrected chi connectivity index (χ4v) is 6.75. The van der Waals surface area contributed by atoms with Crippen LogP contribution in [0.4, 0.5) is 0 Å². The number of amides is 1. The fourth-order valence-electron chi connectivity index (χ4n) is 4.34. The second-order valence-electron chi connectivity index (χ2n) is 7.58. The number of carbonyl (C=O) groups is 1. The smallest absolute Gasteiger partial charge is 0.277 e. The van der Waals surface area contributed by atoms with E-state index in [0.29, 0.717) is 16.9 Å². The first kappa shape index (κ1) is 19.3. The van der Waals surface area contributed by atoms with E-state index in [2.05, 4.69) is 39.2 Å². The summed E-state index contributed by atoms with van der Waals surface area (Å²) in [5.41, 5.74) is 1.28. The highest BCUT2D eigenvalue weighted by Crippen LogP contribution is 2.40. The molecule has 3 aromatic heterocycles. The van der Waals surface area contributed by atoms with E-state index in [1.54, 1.807) is 22.7 Å². The van der Waals surface area contributed by atoms with Gasteiger partial charge in [0.05, 0.1) is 11.8 Å². The lowest BCUT2D eigenvalue weighted by Crippen LogP contribution is -2.40. The van der Waals surface area contributed by atoms with Gasteiger partial charge in [0.15, 0.2) is 0 Å². The summed E-state index contributed by atoms with van der Waals surface area (Å²) < 4.78 is 5.88. The van der Waals surface area contributed by atoms with Gasteiger partial charge < -0.3 is 9.32 Å². The zero-order chi connectivity index (χ0) is 19.6. The summed E-state index contributed by atoms with van der Waals surface area (Å²) in [6.07, 6.45) is 6.95. The van der Waals surface area contributed by atoms with Crippen LogP contribution in [0.15, 0.2) is 38.6 Å². The van der Waals surface area contributed by atoms with Crippen LogP contribution in [-0.2, 0) is 11.2 Å². The number of thiophene rings is 2. The Labute approximate surface area is 182 Å². The van der Waals surface area contributed by atoms with Gasteiger partial charge in [-0.2, -0.15) is 0 Å². The molecule has 5 rings (SSSR count). The molecule has 0 aromatic carbocycles. The van der Waals surface area contributed by atoms with Crippen LogP contribution in [0.3, 0.4) is 0 Å². The second-order valence-corrected chi connectivity index (χ2v) is 10.5. The van der Waals surface area contributed by atoms with Gasteiger partial charge >= 0.3 is 0 Å². The fraction of sp³-hybridized carbons (Fsp3) is 0.476. The first-order valence-electron chi connectivity index (χ1n) is 10.1. The molecular weight excluding hydrogens is 422 g/mol. The van der Waals surface area contributed by atoms with Crippen molar-refractivity contribution in [3.8, 4) is 0 Å². The molecule has 8 heteroatoms. The lowest BCUT2D eigenvalue weighted by atomic mass is 9.89.